The number of halogens is 2. The summed E-state index contributed by atoms with van der Waals surface area (Å²) in [7, 11) is 1.72. The van der Waals surface area contributed by atoms with Gasteiger partial charge in [-0.05, 0) is 31.2 Å². The van der Waals surface area contributed by atoms with Gasteiger partial charge in [-0.3, -0.25) is 4.79 Å². The number of thioether (sulfide) groups is 1. The monoisotopic (exact) mass is 408 g/mol. The molecule has 3 rings (SSSR count). The highest BCUT2D eigenvalue weighted by molar-refractivity contribution is 7.99. The van der Waals surface area contributed by atoms with Gasteiger partial charge in [-0.25, -0.2) is 8.78 Å². The fourth-order valence-corrected chi connectivity index (χ4v) is 3.15. The first-order valence-electron chi connectivity index (χ1n) is 8.37. The standard InChI is InChI=1S/C18H18F2N4O3S/c1-11(27-15-6-5-12(19)8-14(15)20)17-22-23-18(24(17)2)28-10-16(25)21-9-13-4-3-7-26-13/h3-8,11H,9-10H2,1-2H3,(H,21,25). The summed E-state index contributed by atoms with van der Waals surface area (Å²) in [5.74, 6) is -0.473. The molecule has 0 bridgehead atoms. The minimum atomic E-state index is -0.795. The highest BCUT2D eigenvalue weighted by Crippen LogP contribution is 2.25. The lowest BCUT2D eigenvalue weighted by molar-refractivity contribution is -0.118. The van der Waals surface area contributed by atoms with Crippen LogP contribution >= 0.6 is 11.8 Å². The number of rotatable bonds is 8. The summed E-state index contributed by atoms with van der Waals surface area (Å²) in [5.41, 5.74) is 0. The van der Waals surface area contributed by atoms with Crippen LogP contribution in [-0.4, -0.2) is 26.4 Å². The van der Waals surface area contributed by atoms with E-state index < -0.39 is 17.7 Å². The molecule has 1 unspecified atom stereocenters. The maximum atomic E-state index is 13.8. The van der Waals surface area contributed by atoms with Gasteiger partial charge in [0.25, 0.3) is 0 Å². The molecule has 28 heavy (non-hydrogen) atoms. The Bertz CT molecular complexity index is 946. The SMILES string of the molecule is CC(Oc1ccc(F)cc1F)c1nnc(SCC(=O)NCc2ccco2)n1C. The van der Waals surface area contributed by atoms with Crippen LogP contribution in [0.1, 0.15) is 24.6 Å². The number of nitrogens with zero attached hydrogens (tertiary/aromatic N) is 3. The highest BCUT2D eigenvalue weighted by atomic mass is 32.2. The summed E-state index contributed by atoms with van der Waals surface area (Å²) in [6.45, 7) is 1.99. The third kappa shape index (κ3) is 4.89. The summed E-state index contributed by atoms with van der Waals surface area (Å²) in [6, 6.07) is 6.61. The predicted molar refractivity (Wildman–Crippen MR) is 97.7 cm³/mol. The molecule has 148 valence electrons. The average molecular weight is 408 g/mol. The maximum Gasteiger partial charge on any atom is 0.230 e. The van der Waals surface area contributed by atoms with Crippen molar-refractivity contribution in [2.45, 2.75) is 24.7 Å². The number of furan rings is 1. The molecule has 10 heteroatoms. The van der Waals surface area contributed by atoms with Crippen LogP contribution < -0.4 is 10.1 Å². The number of aromatic nitrogens is 3. The predicted octanol–water partition coefficient (Wildman–Crippen LogP) is 3.23. The van der Waals surface area contributed by atoms with Crippen molar-refractivity contribution in [1.29, 1.82) is 0 Å². The molecule has 0 radical (unpaired) electrons. The molecule has 1 N–H and O–H groups in total. The van der Waals surface area contributed by atoms with Gasteiger partial charge >= 0.3 is 0 Å². The third-order valence-corrected chi connectivity index (χ3v) is 4.82. The topological polar surface area (TPSA) is 82.2 Å². The van der Waals surface area contributed by atoms with Crippen molar-refractivity contribution in [3.05, 3.63) is 59.8 Å². The van der Waals surface area contributed by atoms with E-state index in [2.05, 4.69) is 15.5 Å². The largest absolute Gasteiger partial charge is 0.480 e. The van der Waals surface area contributed by atoms with E-state index in [1.165, 1.54) is 17.8 Å². The number of benzene rings is 1. The molecule has 0 saturated heterocycles. The minimum absolute atomic E-state index is 0.0802. The first-order chi connectivity index (χ1) is 13.4. The minimum Gasteiger partial charge on any atom is -0.480 e. The average Bonchev–Trinajstić information content (AvgIpc) is 3.30. The molecule has 0 aliphatic rings. The molecule has 0 saturated carbocycles. The van der Waals surface area contributed by atoms with E-state index in [1.54, 1.807) is 36.9 Å². The molecule has 1 amide bonds. The number of carbonyl (C=O) groups excluding carboxylic acids is 1. The zero-order valence-electron chi connectivity index (χ0n) is 15.2. The van der Waals surface area contributed by atoms with Gasteiger partial charge in [0.1, 0.15) is 11.6 Å². The normalized spacial score (nSPS) is 12.0. The molecular formula is C18H18F2N4O3S. The van der Waals surface area contributed by atoms with Gasteiger partial charge in [0.2, 0.25) is 5.91 Å². The van der Waals surface area contributed by atoms with Crippen LogP contribution in [0, 0.1) is 11.6 Å². The number of ether oxygens (including phenoxy) is 1. The number of hydrogen-bond acceptors (Lipinski definition) is 6. The van der Waals surface area contributed by atoms with Gasteiger partial charge in [-0.1, -0.05) is 11.8 Å². The summed E-state index contributed by atoms with van der Waals surface area (Å²) in [5, 5.41) is 11.3. The van der Waals surface area contributed by atoms with Crippen molar-refractivity contribution >= 4 is 17.7 Å². The Labute approximate surface area is 164 Å². The van der Waals surface area contributed by atoms with E-state index in [9.17, 15) is 13.6 Å². The Morgan fingerprint density at radius 2 is 2.18 bits per heavy atom. The molecule has 0 fully saturated rings. The smallest absolute Gasteiger partial charge is 0.230 e. The van der Waals surface area contributed by atoms with Crippen LogP contribution in [0.15, 0.2) is 46.2 Å². The van der Waals surface area contributed by atoms with E-state index >= 15 is 0 Å². The van der Waals surface area contributed by atoms with Crippen molar-refractivity contribution in [1.82, 2.24) is 20.1 Å². The summed E-state index contributed by atoms with van der Waals surface area (Å²) >= 11 is 1.21. The number of hydrogen-bond donors (Lipinski definition) is 1. The first kappa shape index (κ1) is 19.9. The Kier molecular flexibility index (Phi) is 6.30. The number of nitrogens with one attached hydrogen (secondary N) is 1. The second-order valence-electron chi connectivity index (χ2n) is 5.88. The van der Waals surface area contributed by atoms with Crippen molar-refractivity contribution in [3.63, 3.8) is 0 Å². The summed E-state index contributed by atoms with van der Waals surface area (Å²) in [6.07, 6.45) is 0.915. The molecule has 2 aromatic heterocycles. The Hall–Kier alpha value is -2.88. The molecular weight excluding hydrogens is 390 g/mol. The van der Waals surface area contributed by atoms with Gasteiger partial charge in [0, 0.05) is 13.1 Å². The van der Waals surface area contributed by atoms with Crippen LogP contribution in [0.5, 0.6) is 5.75 Å². The van der Waals surface area contributed by atoms with E-state index in [1.807, 2.05) is 0 Å². The van der Waals surface area contributed by atoms with Crippen molar-refractivity contribution < 1.29 is 22.7 Å². The van der Waals surface area contributed by atoms with Crippen LogP contribution in [0.3, 0.4) is 0 Å². The molecule has 3 aromatic rings. The lowest BCUT2D eigenvalue weighted by Gasteiger charge is -2.14. The Morgan fingerprint density at radius 3 is 2.89 bits per heavy atom. The molecule has 7 nitrogen and oxygen atoms in total. The van der Waals surface area contributed by atoms with Crippen LogP contribution in [-0.2, 0) is 18.4 Å². The number of amides is 1. The molecule has 0 aliphatic carbocycles. The summed E-state index contributed by atoms with van der Waals surface area (Å²) in [4.78, 5) is 11.9. The molecule has 0 spiro atoms. The van der Waals surface area contributed by atoms with E-state index in [4.69, 9.17) is 9.15 Å². The second kappa shape index (κ2) is 8.87. The van der Waals surface area contributed by atoms with Crippen molar-refractivity contribution in [3.8, 4) is 5.75 Å². The van der Waals surface area contributed by atoms with E-state index in [0.29, 0.717) is 23.3 Å². The molecule has 1 atom stereocenters. The lowest BCUT2D eigenvalue weighted by atomic mass is 10.3. The Morgan fingerprint density at radius 1 is 1.36 bits per heavy atom. The zero-order chi connectivity index (χ0) is 20.1. The number of carbonyl (C=O) groups is 1. The van der Waals surface area contributed by atoms with Crippen LogP contribution in [0.4, 0.5) is 8.78 Å². The highest BCUT2D eigenvalue weighted by Gasteiger charge is 2.19. The van der Waals surface area contributed by atoms with Gasteiger partial charge in [0.05, 0.1) is 18.6 Å². The molecule has 0 aliphatic heterocycles. The van der Waals surface area contributed by atoms with Crippen LogP contribution in [0.25, 0.3) is 0 Å². The maximum absolute atomic E-state index is 13.8. The van der Waals surface area contributed by atoms with Crippen molar-refractivity contribution in [2.75, 3.05) is 5.75 Å². The molecule has 1 aromatic carbocycles. The first-order valence-corrected chi connectivity index (χ1v) is 9.35. The van der Waals surface area contributed by atoms with E-state index in [0.717, 1.165) is 12.1 Å². The lowest BCUT2D eigenvalue weighted by Crippen LogP contribution is -2.24. The van der Waals surface area contributed by atoms with Crippen molar-refractivity contribution in [2.24, 2.45) is 7.05 Å². The second-order valence-corrected chi connectivity index (χ2v) is 6.82. The quantitative estimate of drug-likeness (QED) is 0.577. The molecule has 2 heterocycles. The van der Waals surface area contributed by atoms with Crippen LogP contribution in [0.2, 0.25) is 0 Å². The summed E-state index contributed by atoms with van der Waals surface area (Å²) < 4.78 is 39.1. The van der Waals surface area contributed by atoms with E-state index in [-0.39, 0.29) is 17.4 Å². The third-order valence-electron chi connectivity index (χ3n) is 3.80. The Balaban J connectivity index is 1.56. The fraction of sp³-hybridized carbons (Fsp3) is 0.278. The van der Waals surface area contributed by atoms with Gasteiger partial charge in [0.15, 0.2) is 28.7 Å². The fourth-order valence-electron chi connectivity index (χ4n) is 2.40. The van der Waals surface area contributed by atoms with Gasteiger partial charge in [-0.15, -0.1) is 10.2 Å². The van der Waals surface area contributed by atoms with Gasteiger partial charge < -0.3 is 19.0 Å². The zero-order valence-corrected chi connectivity index (χ0v) is 16.0. The van der Waals surface area contributed by atoms with Gasteiger partial charge in [-0.2, -0.15) is 0 Å².